The minimum absolute atomic E-state index is 0.0876. The molecular formula is C17H31N5O. The predicted octanol–water partition coefficient (Wildman–Crippen LogP) is 1.77. The van der Waals surface area contributed by atoms with Crippen LogP contribution >= 0.6 is 0 Å². The second-order valence-electron chi connectivity index (χ2n) is 6.66. The summed E-state index contributed by atoms with van der Waals surface area (Å²) in [4.78, 5) is 4.71. The van der Waals surface area contributed by atoms with Crippen LogP contribution in [0.25, 0.3) is 0 Å². The SMILES string of the molecule is CCNC(=NCC1(C)CCCCC1O)NCCCn1cccn1. The Kier molecular flexibility index (Phi) is 6.89. The lowest BCUT2D eigenvalue weighted by Crippen LogP contribution is -2.42. The van der Waals surface area contributed by atoms with Gasteiger partial charge in [0.1, 0.15) is 0 Å². The smallest absolute Gasteiger partial charge is 0.191 e. The molecule has 3 N–H and O–H groups in total. The van der Waals surface area contributed by atoms with Gasteiger partial charge in [0.25, 0.3) is 0 Å². The summed E-state index contributed by atoms with van der Waals surface area (Å²) >= 11 is 0. The zero-order chi connectivity index (χ0) is 16.5. The van der Waals surface area contributed by atoms with Crippen LogP contribution in [0.2, 0.25) is 0 Å². The van der Waals surface area contributed by atoms with Crippen molar-refractivity contribution in [3.8, 4) is 0 Å². The molecule has 1 aliphatic carbocycles. The summed E-state index contributed by atoms with van der Waals surface area (Å²) in [5.74, 6) is 0.840. The number of hydrogen-bond acceptors (Lipinski definition) is 3. The number of aliphatic hydroxyl groups is 1. The van der Waals surface area contributed by atoms with Gasteiger partial charge in [-0.1, -0.05) is 19.8 Å². The van der Waals surface area contributed by atoms with E-state index < -0.39 is 0 Å². The van der Waals surface area contributed by atoms with Crippen molar-refractivity contribution in [1.29, 1.82) is 0 Å². The Balaban J connectivity index is 1.79. The summed E-state index contributed by atoms with van der Waals surface area (Å²) < 4.78 is 1.94. The van der Waals surface area contributed by atoms with E-state index in [1.165, 1.54) is 6.42 Å². The van der Waals surface area contributed by atoms with Gasteiger partial charge < -0.3 is 15.7 Å². The average Bonchev–Trinajstić information content (AvgIpc) is 3.05. The number of aryl methyl sites for hydroxylation is 1. The topological polar surface area (TPSA) is 74.5 Å². The Bertz CT molecular complexity index is 473. The molecule has 1 saturated carbocycles. The molecule has 0 aromatic carbocycles. The molecule has 0 bridgehead atoms. The number of guanidine groups is 1. The fourth-order valence-electron chi connectivity index (χ4n) is 3.05. The summed E-state index contributed by atoms with van der Waals surface area (Å²) in [6.07, 6.45) is 8.81. The van der Waals surface area contributed by atoms with Crippen molar-refractivity contribution in [3.05, 3.63) is 18.5 Å². The highest BCUT2D eigenvalue weighted by Gasteiger charge is 2.35. The van der Waals surface area contributed by atoms with E-state index in [1.54, 1.807) is 6.20 Å². The summed E-state index contributed by atoms with van der Waals surface area (Å²) in [5.41, 5.74) is -0.0876. The van der Waals surface area contributed by atoms with E-state index in [9.17, 15) is 5.11 Å². The largest absolute Gasteiger partial charge is 0.392 e. The summed E-state index contributed by atoms with van der Waals surface area (Å²) in [5, 5.41) is 21.1. The van der Waals surface area contributed by atoms with Gasteiger partial charge in [0.2, 0.25) is 0 Å². The third-order valence-electron chi connectivity index (χ3n) is 4.64. The first-order valence-corrected chi connectivity index (χ1v) is 8.82. The molecule has 2 unspecified atom stereocenters. The lowest BCUT2D eigenvalue weighted by atomic mass is 9.73. The van der Waals surface area contributed by atoms with Gasteiger partial charge in [0.05, 0.1) is 12.6 Å². The fourth-order valence-corrected chi connectivity index (χ4v) is 3.05. The molecule has 6 nitrogen and oxygen atoms in total. The number of nitrogens with zero attached hydrogens (tertiary/aromatic N) is 3. The molecule has 2 atom stereocenters. The van der Waals surface area contributed by atoms with Crippen molar-refractivity contribution in [2.45, 2.75) is 58.6 Å². The van der Waals surface area contributed by atoms with Gasteiger partial charge in [-0.15, -0.1) is 0 Å². The first-order chi connectivity index (χ1) is 11.1. The summed E-state index contributed by atoms with van der Waals surface area (Å²) in [6.45, 7) is 7.48. The van der Waals surface area contributed by atoms with Crippen LogP contribution in [0.1, 0.15) is 46.0 Å². The third-order valence-corrected chi connectivity index (χ3v) is 4.64. The monoisotopic (exact) mass is 321 g/mol. The minimum Gasteiger partial charge on any atom is -0.392 e. The van der Waals surface area contributed by atoms with E-state index in [0.717, 1.165) is 51.3 Å². The van der Waals surface area contributed by atoms with Gasteiger partial charge in [0.15, 0.2) is 5.96 Å². The molecule has 23 heavy (non-hydrogen) atoms. The first kappa shape index (κ1) is 17.8. The molecule has 1 fully saturated rings. The lowest BCUT2D eigenvalue weighted by molar-refractivity contribution is 0.00716. The lowest BCUT2D eigenvalue weighted by Gasteiger charge is -2.37. The maximum Gasteiger partial charge on any atom is 0.191 e. The molecular weight excluding hydrogens is 290 g/mol. The molecule has 1 aromatic heterocycles. The van der Waals surface area contributed by atoms with Gasteiger partial charge in [-0.05, 0) is 32.3 Å². The van der Waals surface area contributed by atoms with Crippen molar-refractivity contribution in [3.63, 3.8) is 0 Å². The molecule has 0 saturated heterocycles. The van der Waals surface area contributed by atoms with Crippen LogP contribution in [0.4, 0.5) is 0 Å². The van der Waals surface area contributed by atoms with Crippen LogP contribution in [0, 0.1) is 5.41 Å². The van der Waals surface area contributed by atoms with E-state index in [4.69, 9.17) is 4.99 Å². The normalized spacial score (nSPS) is 25.3. The van der Waals surface area contributed by atoms with Crippen LogP contribution in [0.5, 0.6) is 0 Å². The average molecular weight is 321 g/mol. The van der Waals surface area contributed by atoms with Gasteiger partial charge >= 0.3 is 0 Å². The highest BCUT2D eigenvalue weighted by Crippen LogP contribution is 2.36. The quantitative estimate of drug-likeness (QED) is 0.406. The predicted molar refractivity (Wildman–Crippen MR) is 93.4 cm³/mol. The van der Waals surface area contributed by atoms with E-state index in [0.29, 0.717) is 6.54 Å². The van der Waals surface area contributed by atoms with E-state index >= 15 is 0 Å². The molecule has 0 amide bonds. The maximum absolute atomic E-state index is 10.3. The standard InChI is InChI=1S/C17H31N5O/c1-3-18-16(19-10-6-12-22-13-7-11-21-22)20-14-17(2)9-5-4-8-15(17)23/h7,11,13,15,23H,3-6,8-10,12,14H2,1-2H3,(H2,18,19,20). The van der Waals surface area contributed by atoms with Crippen LogP contribution in [0.15, 0.2) is 23.5 Å². The second-order valence-corrected chi connectivity index (χ2v) is 6.66. The molecule has 0 aliphatic heterocycles. The molecule has 1 aliphatic rings. The fraction of sp³-hybridized carbons (Fsp3) is 0.765. The minimum atomic E-state index is -0.234. The number of nitrogens with one attached hydrogen (secondary N) is 2. The summed E-state index contributed by atoms with van der Waals surface area (Å²) in [6, 6.07) is 1.94. The van der Waals surface area contributed by atoms with Gasteiger partial charge in [0, 0.05) is 37.4 Å². The van der Waals surface area contributed by atoms with Gasteiger partial charge in [-0.25, -0.2) is 0 Å². The third kappa shape index (κ3) is 5.53. The van der Waals surface area contributed by atoms with Crippen LogP contribution in [-0.2, 0) is 6.54 Å². The van der Waals surface area contributed by atoms with E-state index in [1.807, 2.05) is 16.9 Å². The highest BCUT2D eigenvalue weighted by atomic mass is 16.3. The first-order valence-electron chi connectivity index (χ1n) is 8.82. The number of aliphatic hydroxyl groups excluding tert-OH is 1. The van der Waals surface area contributed by atoms with Crippen molar-refractivity contribution < 1.29 is 5.11 Å². The van der Waals surface area contributed by atoms with Crippen molar-refractivity contribution in [2.75, 3.05) is 19.6 Å². The second kappa shape index (κ2) is 8.91. The molecule has 0 spiro atoms. The van der Waals surface area contributed by atoms with E-state index in [-0.39, 0.29) is 11.5 Å². The number of rotatable bonds is 7. The van der Waals surface area contributed by atoms with Crippen LogP contribution < -0.4 is 10.6 Å². The molecule has 6 heteroatoms. The van der Waals surface area contributed by atoms with Crippen LogP contribution in [0.3, 0.4) is 0 Å². The zero-order valence-electron chi connectivity index (χ0n) is 14.5. The molecule has 1 aromatic rings. The van der Waals surface area contributed by atoms with Crippen molar-refractivity contribution in [1.82, 2.24) is 20.4 Å². The Morgan fingerprint density at radius 2 is 2.30 bits per heavy atom. The van der Waals surface area contributed by atoms with Gasteiger partial charge in [-0.3, -0.25) is 9.67 Å². The van der Waals surface area contributed by atoms with Crippen LogP contribution in [-0.4, -0.2) is 46.6 Å². The number of aliphatic imine (C=N–C) groups is 1. The highest BCUT2D eigenvalue weighted by molar-refractivity contribution is 5.79. The molecule has 1 heterocycles. The van der Waals surface area contributed by atoms with Crippen molar-refractivity contribution in [2.24, 2.45) is 10.4 Å². The Labute approximate surface area is 139 Å². The molecule has 2 rings (SSSR count). The van der Waals surface area contributed by atoms with E-state index in [2.05, 4.69) is 29.6 Å². The Hall–Kier alpha value is -1.56. The number of hydrogen-bond donors (Lipinski definition) is 3. The molecule has 0 radical (unpaired) electrons. The number of aromatic nitrogens is 2. The maximum atomic E-state index is 10.3. The Morgan fingerprint density at radius 3 is 3.00 bits per heavy atom. The van der Waals surface area contributed by atoms with Gasteiger partial charge in [-0.2, -0.15) is 5.10 Å². The zero-order valence-corrected chi connectivity index (χ0v) is 14.5. The van der Waals surface area contributed by atoms with Crippen molar-refractivity contribution >= 4 is 5.96 Å². The summed E-state index contributed by atoms with van der Waals surface area (Å²) in [7, 11) is 0. The Morgan fingerprint density at radius 1 is 1.43 bits per heavy atom. The molecule has 130 valence electrons.